The molecule has 2 aromatic carbocycles. The second-order valence-corrected chi connectivity index (χ2v) is 5.77. The summed E-state index contributed by atoms with van der Waals surface area (Å²) in [6.07, 6.45) is 1.82. The summed E-state index contributed by atoms with van der Waals surface area (Å²) in [7, 11) is 1.49. The Labute approximate surface area is 137 Å². The second-order valence-electron chi connectivity index (χ2n) is 4.89. The molecule has 2 aromatic rings. The molecule has 0 atom stereocenters. The third-order valence-electron chi connectivity index (χ3n) is 3.34. The lowest BCUT2D eigenvalue weighted by molar-refractivity contribution is -0.385. The molecule has 2 rings (SSSR count). The first-order valence-corrected chi connectivity index (χ1v) is 7.97. The Morgan fingerprint density at radius 1 is 1.30 bits per heavy atom. The molecule has 0 saturated carbocycles. The van der Waals surface area contributed by atoms with Gasteiger partial charge in [0.25, 0.3) is 11.6 Å². The van der Waals surface area contributed by atoms with Gasteiger partial charge in [-0.2, -0.15) is 0 Å². The van der Waals surface area contributed by atoms with Crippen LogP contribution in [0, 0.1) is 15.9 Å². The van der Waals surface area contributed by atoms with Crippen LogP contribution in [0.15, 0.2) is 47.4 Å². The first-order valence-electron chi connectivity index (χ1n) is 6.75. The first kappa shape index (κ1) is 17.0. The van der Waals surface area contributed by atoms with Crippen LogP contribution in [0.5, 0.6) is 0 Å². The molecule has 0 fully saturated rings. The van der Waals surface area contributed by atoms with E-state index in [1.807, 2.05) is 6.26 Å². The molecule has 7 heteroatoms. The van der Waals surface area contributed by atoms with E-state index in [1.165, 1.54) is 41.9 Å². The zero-order valence-electron chi connectivity index (χ0n) is 12.7. The fourth-order valence-electron chi connectivity index (χ4n) is 2.13. The van der Waals surface area contributed by atoms with Crippen LogP contribution < -0.4 is 0 Å². The summed E-state index contributed by atoms with van der Waals surface area (Å²) in [6.45, 7) is 0.0339. The third kappa shape index (κ3) is 3.87. The van der Waals surface area contributed by atoms with E-state index in [0.29, 0.717) is 5.56 Å². The smallest absolute Gasteiger partial charge is 0.282 e. The van der Waals surface area contributed by atoms with Crippen molar-refractivity contribution in [3.05, 3.63) is 69.5 Å². The Balaban J connectivity index is 2.32. The summed E-state index contributed by atoms with van der Waals surface area (Å²) >= 11 is 1.39. The summed E-state index contributed by atoms with van der Waals surface area (Å²) in [4.78, 5) is 25.1. The average Bonchev–Trinajstić information content (AvgIpc) is 2.55. The molecule has 0 spiro atoms. The van der Waals surface area contributed by atoms with Crippen LogP contribution in [0.4, 0.5) is 10.1 Å². The summed E-state index contributed by atoms with van der Waals surface area (Å²) in [5, 5.41) is 11.1. The summed E-state index contributed by atoms with van der Waals surface area (Å²) in [5.74, 6) is -0.935. The molecule has 0 aromatic heterocycles. The summed E-state index contributed by atoms with van der Waals surface area (Å²) in [6, 6.07) is 10.5. The number of carbonyl (C=O) groups excluding carboxylic acids is 1. The number of rotatable bonds is 5. The van der Waals surface area contributed by atoms with Gasteiger partial charge in [-0.15, -0.1) is 11.8 Å². The van der Waals surface area contributed by atoms with Crippen molar-refractivity contribution in [1.29, 1.82) is 0 Å². The van der Waals surface area contributed by atoms with E-state index in [-0.39, 0.29) is 17.8 Å². The average molecular weight is 334 g/mol. The molecule has 5 nitrogen and oxygen atoms in total. The molecule has 0 aliphatic carbocycles. The van der Waals surface area contributed by atoms with Gasteiger partial charge in [0.15, 0.2) is 0 Å². The number of hydrogen-bond acceptors (Lipinski definition) is 4. The van der Waals surface area contributed by atoms with Crippen molar-refractivity contribution in [2.75, 3.05) is 13.3 Å². The largest absolute Gasteiger partial charge is 0.337 e. The van der Waals surface area contributed by atoms with Crippen molar-refractivity contribution in [2.24, 2.45) is 0 Å². The van der Waals surface area contributed by atoms with E-state index in [9.17, 15) is 19.3 Å². The van der Waals surface area contributed by atoms with Crippen LogP contribution >= 0.6 is 11.8 Å². The minimum absolute atomic E-state index is 0.000638. The molecule has 0 aliphatic rings. The molecule has 0 heterocycles. The zero-order valence-corrected chi connectivity index (χ0v) is 13.5. The Kier molecular flexibility index (Phi) is 5.33. The minimum Gasteiger partial charge on any atom is -0.337 e. The topological polar surface area (TPSA) is 63.5 Å². The van der Waals surface area contributed by atoms with Crippen LogP contribution in [-0.4, -0.2) is 29.0 Å². The molecule has 0 aliphatic heterocycles. The van der Waals surface area contributed by atoms with Gasteiger partial charge in [0, 0.05) is 30.1 Å². The van der Waals surface area contributed by atoms with Crippen LogP contribution in [0.1, 0.15) is 15.9 Å². The molecular formula is C16H15FN2O3S. The molecule has 23 heavy (non-hydrogen) atoms. The van der Waals surface area contributed by atoms with E-state index in [0.717, 1.165) is 4.90 Å². The molecule has 120 valence electrons. The molecule has 0 unspecified atom stereocenters. The molecule has 0 bridgehead atoms. The van der Waals surface area contributed by atoms with Gasteiger partial charge in [0.2, 0.25) is 0 Å². The van der Waals surface area contributed by atoms with Crippen molar-refractivity contribution >= 4 is 23.4 Å². The van der Waals surface area contributed by atoms with E-state index in [4.69, 9.17) is 0 Å². The maximum atomic E-state index is 13.7. The highest BCUT2D eigenvalue weighted by Crippen LogP contribution is 2.26. The Morgan fingerprint density at radius 2 is 2.00 bits per heavy atom. The predicted octanol–water partition coefficient (Wildman–Crippen LogP) is 3.73. The molecular weight excluding hydrogens is 319 g/mol. The molecule has 0 N–H and O–H groups in total. The van der Waals surface area contributed by atoms with Gasteiger partial charge in [-0.3, -0.25) is 14.9 Å². The molecule has 0 radical (unpaired) electrons. The highest BCUT2D eigenvalue weighted by Gasteiger charge is 2.23. The lowest BCUT2D eigenvalue weighted by Crippen LogP contribution is -2.27. The normalized spacial score (nSPS) is 10.4. The summed E-state index contributed by atoms with van der Waals surface area (Å²) < 4.78 is 13.7. The summed E-state index contributed by atoms with van der Waals surface area (Å²) in [5.41, 5.74) is 0.0981. The number of halogens is 1. The van der Waals surface area contributed by atoms with Crippen molar-refractivity contribution in [2.45, 2.75) is 11.4 Å². The van der Waals surface area contributed by atoms with E-state index >= 15 is 0 Å². The van der Waals surface area contributed by atoms with Gasteiger partial charge in [-0.25, -0.2) is 4.39 Å². The van der Waals surface area contributed by atoms with Crippen molar-refractivity contribution in [3.63, 3.8) is 0 Å². The Hall–Kier alpha value is -2.41. The maximum absolute atomic E-state index is 13.7. The van der Waals surface area contributed by atoms with Gasteiger partial charge in [0.05, 0.1) is 4.92 Å². The van der Waals surface area contributed by atoms with Crippen LogP contribution in [0.2, 0.25) is 0 Å². The van der Waals surface area contributed by atoms with E-state index in [1.54, 1.807) is 24.3 Å². The number of nitro benzene ring substituents is 1. The minimum atomic E-state index is -0.589. The van der Waals surface area contributed by atoms with Gasteiger partial charge < -0.3 is 4.90 Å². The lowest BCUT2D eigenvalue weighted by atomic mass is 10.1. The quantitative estimate of drug-likeness (QED) is 0.475. The highest BCUT2D eigenvalue weighted by atomic mass is 32.2. The van der Waals surface area contributed by atoms with Crippen molar-refractivity contribution < 1.29 is 14.1 Å². The van der Waals surface area contributed by atoms with Crippen molar-refractivity contribution in [1.82, 2.24) is 4.90 Å². The first-order chi connectivity index (χ1) is 10.9. The number of benzene rings is 2. The SMILES string of the molecule is CSc1ccc([N+](=O)[O-])c(C(=O)N(C)Cc2ccccc2F)c1. The molecule has 0 saturated heterocycles. The maximum Gasteiger partial charge on any atom is 0.282 e. The number of amides is 1. The fourth-order valence-corrected chi connectivity index (χ4v) is 2.57. The fraction of sp³-hybridized carbons (Fsp3) is 0.188. The number of carbonyl (C=O) groups is 1. The standard InChI is InChI=1S/C16H15FN2O3S/c1-18(10-11-5-3-4-6-14(11)17)16(20)13-9-12(23-2)7-8-15(13)19(21)22/h3-9H,10H2,1-2H3. The predicted molar refractivity (Wildman–Crippen MR) is 87.1 cm³/mol. The lowest BCUT2D eigenvalue weighted by Gasteiger charge is -2.18. The van der Waals surface area contributed by atoms with Gasteiger partial charge in [-0.05, 0) is 24.5 Å². The number of nitrogens with zero attached hydrogens (tertiary/aromatic N) is 2. The van der Waals surface area contributed by atoms with E-state index < -0.39 is 16.6 Å². The van der Waals surface area contributed by atoms with E-state index in [2.05, 4.69) is 0 Å². The Bertz CT molecular complexity index is 752. The number of hydrogen-bond donors (Lipinski definition) is 0. The number of nitro groups is 1. The van der Waals surface area contributed by atoms with Gasteiger partial charge in [0.1, 0.15) is 11.4 Å². The van der Waals surface area contributed by atoms with Gasteiger partial charge >= 0.3 is 0 Å². The molecule has 1 amide bonds. The van der Waals surface area contributed by atoms with Crippen molar-refractivity contribution in [3.8, 4) is 0 Å². The van der Waals surface area contributed by atoms with Crippen LogP contribution in [0.3, 0.4) is 0 Å². The number of thioether (sulfide) groups is 1. The highest BCUT2D eigenvalue weighted by molar-refractivity contribution is 7.98. The van der Waals surface area contributed by atoms with Crippen LogP contribution in [-0.2, 0) is 6.54 Å². The monoisotopic (exact) mass is 334 g/mol. The zero-order chi connectivity index (χ0) is 17.0. The second kappa shape index (κ2) is 7.23. The van der Waals surface area contributed by atoms with Crippen LogP contribution in [0.25, 0.3) is 0 Å². The Morgan fingerprint density at radius 3 is 2.61 bits per heavy atom. The third-order valence-corrected chi connectivity index (χ3v) is 4.07. The van der Waals surface area contributed by atoms with Gasteiger partial charge in [-0.1, -0.05) is 18.2 Å².